The van der Waals surface area contributed by atoms with E-state index in [1.165, 1.54) is 0 Å². The van der Waals surface area contributed by atoms with E-state index >= 15 is 0 Å². The Bertz CT molecular complexity index is 372. The summed E-state index contributed by atoms with van der Waals surface area (Å²) in [6, 6.07) is 2.93. The lowest BCUT2D eigenvalue weighted by atomic mass is 9.95. The van der Waals surface area contributed by atoms with E-state index in [0.717, 1.165) is 16.7 Å². The van der Waals surface area contributed by atoms with Crippen molar-refractivity contribution in [2.75, 3.05) is 0 Å². The predicted molar refractivity (Wildman–Crippen MR) is 55.2 cm³/mol. The van der Waals surface area contributed by atoms with Gasteiger partial charge in [-0.25, -0.2) is 0 Å². The Morgan fingerprint density at radius 1 is 1.36 bits per heavy atom. The molecule has 1 atom stereocenters. The van der Waals surface area contributed by atoms with Crippen LogP contribution in [0.25, 0.3) is 0 Å². The van der Waals surface area contributed by atoms with Crippen molar-refractivity contribution < 1.29 is 9.90 Å². The maximum atomic E-state index is 10.7. The van der Waals surface area contributed by atoms with Crippen LogP contribution in [0, 0.1) is 20.8 Å². The molecule has 0 radical (unpaired) electrons. The molecular weight excluding hydrogens is 178 g/mol. The molecule has 0 aliphatic rings. The van der Waals surface area contributed by atoms with Gasteiger partial charge in [0.1, 0.15) is 6.04 Å². The molecular formula is C11H15NO2. The van der Waals surface area contributed by atoms with E-state index in [1.807, 2.05) is 32.9 Å². The van der Waals surface area contributed by atoms with E-state index in [4.69, 9.17) is 10.8 Å². The van der Waals surface area contributed by atoms with Gasteiger partial charge in [-0.3, -0.25) is 4.79 Å². The van der Waals surface area contributed by atoms with E-state index in [1.54, 1.807) is 0 Å². The summed E-state index contributed by atoms with van der Waals surface area (Å²) < 4.78 is 0. The molecule has 0 amide bonds. The largest absolute Gasteiger partial charge is 0.480 e. The minimum Gasteiger partial charge on any atom is -0.480 e. The summed E-state index contributed by atoms with van der Waals surface area (Å²) in [5.74, 6) is -0.988. The van der Waals surface area contributed by atoms with Crippen molar-refractivity contribution in [1.29, 1.82) is 0 Å². The molecule has 76 valence electrons. The van der Waals surface area contributed by atoms with Crippen LogP contribution in [0.3, 0.4) is 0 Å². The maximum Gasteiger partial charge on any atom is 0.325 e. The lowest BCUT2D eigenvalue weighted by Crippen LogP contribution is -2.22. The van der Waals surface area contributed by atoms with E-state index in [9.17, 15) is 4.79 Å². The number of carbonyl (C=O) groups is 1. The highest BCUT2D eigenvalue weighted by atomic mass is 16.4. The summed E-state index contributed by atoms with van der Waals surface area (Å²) >= 11 is 0. The molecule has 1 aromatic carbocycles. The molecule has 14 heavy (non-hydrogen) atoms. The second kappa shape index (κ2) is 3.80. The molecule has 0 aliphatic carbocycles. The van der Waals surface area contributed by atoms with Crippen molar-refractivity contribution in [3.63, 3.8) is 0 Å². The Morgan fingerprint density at radius 3 is 2.43 bits per heavy atom. The fourth-order valence-electron chi connectivity index (χ4n) is 1.53. The van der Waals surface area contributed by atoms with Gasteiger partial charge in [0, 0.05) is 0 Å². The molecule has 0 fully saturated rings. The summed E-state index contributed by atoms with van der Waals surface area (Å²) in [4.78, 5) is 10.7. The minimum atomic E-state index is -0.988. The van der Waals surface area contributed by atoms with Crippen molar-refractivity contribution in [2.45, 2.75) is 26.8 Å². The molecule has 0 saturated heterocycles. The molecule has 0 aromatic heterocycles. The fourth-order valence-corrected chi connectivity index (χ4v) is 1.53. The molecule has 1 unspecified atom stereocenters. The maximum absolute atomic E-state index is 10.7. The summed E-state index contributed by atoms with van der Waals surface area (Å²) in [7, 11) is 0. The summed E-state index contributed by atoms with van der Waals surface area (Å²) in [6.07, 6.45) is 0. The number of hydrogen-bond acceptors (Lipinski definition) is 2. The van der Waals surface area contributed by atoms with Crippen molar-refractivity contribution in [3.8, 4) is 0 Å². The quantitative estimate of drug-likeness (QED) is 0.751. The number of hydrogen-bond donors (Lipinski definition) is 2. The van der Waals surface area contributed by atoms with Gasteiger partial charge in [-0.2, -0.15) is 0 Å². The van der Waals surface area contributed by atoms with Crippen molar-refractivity contribution in [3.05, 3.63) is 34.4 Å². The Hall–Kier alpha value is -1.35. The van der Waals surface area contributed by atoms with Crippen LogP contribution < -0.4 is 5.73 Å². The van der Waals surface area contributed by atoms with Crippen LogP contribution in [0.5, 0.6) is 0 Å². The second-order valence-corrected chi connectivity index (χ2v) is 3.61. The monoisotopic (exact) mass is 193 g/mol. The number of rotatable bonds is 2. The van der Waals surface area contributed by atoms with Gasteiger partial charge >= 0.3 is 5.97 Å². The molecule has 3 N–H and O–H groups in total. The molecule has 0 spiro atoms. The lowest BCUT2D eigenvalue weighted by molar-refractivity contribution is -0.138. The van der Waals surface area contributed by atoms with Gasteiger partial charge in [0.25, 0.3) is 0 Å². The van der Waals surface area contributed by atoms with Gasteiger partial charge in [0.15, 0.2) is 0 Å². The van der Waals surface area contributed by atoms with Gasteiger partial charge in [-0.05, 0) is 37.5 Å². The smallest absolute Gasteiger partial charge is 0.325 e. The van der Waals surface area contributed by atoms with Crippen LogP contribution in [0.15, 0.2) is 12.1 Å². The van der Waals surface area contributed by atoms with Gasteiger partial charge in [-0.1, -0.05) is 17.7 Å². The standard InChI is InChI=1S/C11H15NO2/c1-6-4-7(2)8(3)9(5-6)10(12)11(13)14/h4-5,10H,12H2,1-3H3,(H,13,14). The van der Waals surface area contributed by atoms with Crippen LogP contribution in [-0.2, 0) is 4.79 Å². The lowest BCUT2D eigenvalue weighted by Gasteiger charge is -2.13. The number of nitrogens with two attached hydrogens (primary N) is 1. The first-order valence-electron chi connectivity index (χ1n) is 4.49. The van der Waals surface area contributed by atoms with Gasteiger partial charge in [0.2, 0.25) is 0 Å². The Labute approximate surface area is 83.6 Å². The third kappa shape index (κ3) is 1.93. The number of carboxylic acids is 1. The highest BCUT2D eigenvalue weighted by Crippen LogP contribution is 2.21. The number of benzene rings is 1. The van der Waals surface area contributed by atoms with Crippen LogP contribution >= 0.6 is 0 Å². The topological polar surface area (TPSA) is 63.3 Å². The third-order valence-corrected chi connectivity index (χ3v) is 2.45. The molecule has 3 nitrogen and oxygen atoms in total. The van der Waals surface area contributed by atoms with Crippen molar-refractivity contribution in [2.24, 2.45) is 5.73 Å². The highest BCUT2D eigenvalue weighted by Gasteiger charge is 2.17. The SMILES string of the molecule is Cc1cc(C)c(C)c(C(N)C(=O)O)c1. The molecule has 3 heteroatoms. The van der Waals surface area contributed by atoms with Crippen molar-refractivity contribution >= 4 is 5.97 Å². The Kier molecular flexibility index (Phi) is 2.91. The zero-order valence-corrected chi connectivity index (χ0v) is 8.66. The average molecular weight is 193 g/mol. The number of aliphatic carboxylic acids is 1. The molecule has 0 heterocycles. The van der Waals surface area contributed by atoms with E-state index in [-0.39, 0.29) is 0 Å². The molecule has 1 rings (SSSR count). The van der Waals surface area contributed by atoms with Crippen LogP contribution in [0.4, 0.5) is 0 Å². The van der Waals surface area contributed by atoms with E-state index in [2.05, 4.69) is 0 Å². The molecule has 0 bridgehead atoms. The molecule has 0 saturated carbocycles. The zero-order chi connectivity index (χ0) is 10.9. The number of carboxylic acid groups (broad SMARTS) is 1. The van der Waals surface area contributed by atoms with E-state index < -0.39 is 12.0 Å². The normalized spacial score (nSPS) is 12.6. The highest BCUT2D eigenvalue weighted by molar-refractivity contribution is 5.76. The first-order chi connectivity index (χ1) is 6.43. The predicted octanol–water partition coefficient (Wildman–Crippen LogP) is 1.70. The van der Waals surface area contributed by atoms with Gasteiger partial charge in [-0.15, -0.1) is 0 Å². The Morgan fingerprint density at radius 2 is 1.93 bits per heavy atom. The summed E-state index contributed by atoms with van der Waals surface area (Å²) in [6.45, 7) is 5.79. The van der Waals surface area contributed by atoms with Crippen LogP contribution in [0.1, 0.15) is 28.3 Å². The third-order valence-electron chi connectivity index (χ3n) is 2.45. The van der Waals surface area contributed by atoms with Crippen molar-refractivity contribution in [1.82, 2.24) is 0 Å². The van der Waals surface area contributed by atoms with Crippen LogP contribution in [0.2, 0.25) is 0 Å². The fraction of sp³-hybridized carbons (Fsp3) is 0.364. The zero-order valence-electron chi connectivity index (χ0n) is 8.66. The first kappa shape index (κ1) is 10.7. The average Bonchev–Trinajstić information content (AvgIpc) is 2.09. The summed E-state index contributed by atoms with van der Waals surface area (Å²) in [5.41, 5.74) is 9.37. The van der Waals surface area contributed by atoms with Crippen LogP contribution in [-0.4, -0.2) is 11.1 Å². The van der Waals surface area contributed by atoms with Gasteiger partial charge < -0.3 is 10.8 Å². The van der Waals surface area contributed by atoms with Gasteiger partial charge in [0.05, 0.1) is 0 Å². The Balaban J connectivity index is 3.26. The molecule has 0 aliphatic heterocycles. The van der Waals surface area contributed by atoms with E-state index in [0.29, 0.717) is 5.56 Å². The number of aryl methyl sites for hydroxylation is 2. The minimum absolute atomic E-state index is 0.704. The first-order valence-corrected chi connectivity index (χ1v) is 4.49. The summed E-state index contributed by atoms with van der Waals surface area (Å²) in [5, 5.41) is 8.82. The molecule has 1 aromatic rings. The second-order valence-electron chi connectivity index (χ2n) is 3.61.